The molecule has 8 heteroatoms. The van der Waals surface area contributed by atoms with Crippen LogP contribution in [0.1, 0.15) is 80.0 Å². The van der Waals surface area contributed by atoms with Crippen LogP contribution in [0.3, 0.4) is 0 Å². The zero-order valence-electron chi connectivity index (χ0n) is 25.5. The molecule has 0 heterocycles. The van der Waals surface area contributed by atoms with Gasteiger partial charge in [-0.15, -0.1) is 0 Å². The van der Waals surface area contributed by atoms with Crippen LogP contribution >= 0.6 is 0 Å². The minimum Gasteiger partial charge on any atom is -0.493 e. The van der Waals surface area contributed by atoms with E-state index in [2.05, 4.69) is 34.4 Å². The molecule has 0 aromatic heterocycles. The number of carbonyl (C=O) groups excluding carboxylic acids is 1. The molecule has 1 atom stereocenters. The number of nitrogens with two attached hydrogens (primary N) is 1. The molecule has 0 fully saturated rings. The van der Waals surface area contributed by atoms with Gasteiger partial charge in [0, 0.05) is 54.9 Å². The van der Waals surface area contributed by atoms with Crippen molar-refractivity contribution in [2.75, 3.05) is 52.3 Å². The quantitative estimate of drug-likeness (QED) is 0.214. The molecule has 220 valence electrons. The van der Waals surface area contributed by atoms with Crippen LogP contribution in [-0.2, 0) is 0 Å². The summed E-state index contributed by atoms with van der Waals surface area (Å²) < 4.78 is 11.7. The number of benzene rings is 2. The lowest BCUT2D eigenvalue weighted by molar-refractivity contribution is 0.0939. The fourth-order valence-electron chi connectivity index (χ4n) is 4.44. The van der Waals surface area contributed by atoms with Crippen molar-refractivity contribution in [1.29, 1.82) is 0 Å². The Kier molecular flexibility index (Phi) is 14.1. The summed E-state index contributed by atoms with van der Waals surface area (Å²) in [5, 5.41) is 6.65. The number of ether oxygens (including phenoxy) is 2. The molecule has 0 saturated carbocycles. The van der Waals surface area contributed by atoms with Gasteiger partial charge in [-0.1, -0.05) is 33.3 Å². The maximum Gasteiger partial charge on any atom is 0.252 e. The summed E-state index contributed by atoms with van der Waals surface area (Å²) in [5.74, 6) is 1.05. The van der Waals surface area contributed by atoms with Crippen LogP contribution in [0.25, 0.3) is 5.57 Å². The summed E-state index contributed by atoms with van der Waals surface area (Å²) in [6, 6.07) is 9.52. The average molecular weight is 552 g/mol. The van der Waals surface area contributed by atoms with E-state index in [4.69, 9.17) is 15.2 Å². The highest BCUT2D eigenvalue weighted by molar-refractivity contribution is 6.11. The zero-order chi connectivity index (χ0) is 29.5. The number of aliphatic imine (C=N–C) groups is 1. The van der Waals surface area contributed by atoms with Crippen LogP contribution in [0.15, 0.2) is 41.5 Å². The highest BCUT2D eigenvalue weighted by Gasteiger charge is 2.20. The van der Waals surface area contributed by atoms with Gasteiger partial charge in [-0.25, -0.2) is 0 Å². The molecule has 40 heavy (non-hydrogen) atoms. The topological polar surface area (TPSA) is 101 Å². The maximum atomic E-state index is 13.4. The smallest absolute Gasteiger partial charge is 0.252 e. The maximum absolute atomic E-state index is 13.4. The van der Waals surface area contributed by atoms with E-state index in [0.29, 0.717) is 29.2 Å². The molecule has 0 spiro atoms. The predicted molar refractivity (Wildman–Crippen MR) is 168 cm³/mol. The Balaban J connectivity index is 2.26. The van der Waals surface area contributed by atoms with Crippen molar-refractivity contribution in [3.8, 4) is 11.5 Å². The minimum absolute atomic E-state index is 0.136. The monoisotopic (exact) mass is 551 g/mol. The number of allylic oxidation sites excluding steroid dienone is 1. The standard InChI is InChI=1S/C32H49N5O3/c1-8-11-15-37(10-3)16-14-35-27-13-12-23(4)28(20-27)32(38)36-24(5)25-18-29(26(21-33)22-34-6)31(40-17-9-2)30(19-25)39-7/h12-13,18-22,24,35H,8-11,14-17,33H2,1-7H3,(H,36,38)/b26-21+,34-22?. The second-order valence-electron chi connectivity index (χ2n) is 9.90. The largest absolute Gasteiger partial charge is 0.493 e. The molecule has 0 radical (unpaired) electrons. The molecule has 0 saturated heterocycles. The minimum atomic E-state index is -0.300. The SMILES string of the molecule is CCCCN(CC)CCNc1ccc(C)c(C(=O)NC(C)c2cc(OC)c(OCCC)c(/C(C=NC)=C/N)c2)c1. The van der Waals surface area contributed by atoms with E-state index >= 15 is 0 Å². The summed E-state index contributed by atoms with van der Waals surface area (Å²) in [5.41, 5.74) is 10.8. The van der Waals surface area contributed by atoms with Crippen LogP contribution in [0.2, 0.25) is 0 Å². The lowest BCUT2D eigenvalue weighted by atomic mass is 9.98. The molecular weight excluding hydrogens is 502 g/mol. The van der Waals surface area contributed by atoms with Crippen LogP contribution in [0, 0.1) is 6.92 Å². The fourth-order valence-corrected chi connectivity index (χ4v) is 4.44. The van der Waals surface area contributed by atoms with Gasteiger partial charge in [-0.05, 0) is 75.2 Å². The number of carbonyl (C=O) groups is 1. The summed E-state index contributed by atoms with van der Waals surface area (Å²) >= 11 is 0. The molecular formula is C32H49N5O3. The molecule has 1 unspecified atom stereocenters. The normalized spacial score (nSPS) is 12.6. The van der Waals surface area contributed by atoms with Gasteiger partial charge in [-0.2, -0.15) is 0 Å². The number of unbranched alkanes of at least 4 members (excludes halogenated alkanes) is 1. The average Bonchev–Trinajstić information content (AvgIpc) is 2.96. The third-order valence-corrected chi connectivity index (χ3v) is 6.87. The Morgan fingerprint density at radius 2 is 1.90 bits per heavy atom. The van der Waals surface area contributed by atoms with E-state index in [1.807, 2.05) is 51.1 Å². The van der Waals surface area contributed by atoms with Gasteiger partial charge < -0.3 is 30.7 Å². The van der Waals surface area contributed by atoms with Crippen molar-refractivity contribution in [2.45, 2.75) is 59.9 Å². The third kappa shape index (κ3) is 9.30. The number of likely N-dealkylation sites (N-methyl/N-ethyl adjacent to an activating group) is 1. The summed E-state index contributed by atoms with van der Waals surface area (Å²) in [7, 11) is 3.30. The van der Waals surface area contributed by atoms with Crippen LogP contribution in [-0.4, -0.2) is 64.0 Å². The highest BCUT2D eigenvalue weighted by Crippen LogP contribution is 2.38. The number of amides is 1. The van der Waals surface area contributed by atoms with E-state index in [9.17, 15) is 4.79 Å². The third-order valence-electron chi connectivity index (χ3n) is 6.87. The van der Waals surface area contributed by atoms with Gasteiger partial charge >= 0.3 is 0 Å². The van der Waals surface area contributed by atoms with E-state index in [0.717, 1.165) is 55.0 Å². The first-order valence-electron chi connectivity index (χ1n) is 14.4. The van der Waals surface area contributed by atoms with Gasteiger partial charge in [0.1, 0.15) is 0 Å². The molecule has 2 rings (SSSR count). The Morgan fingerprint density at radius 1 is 1.12 bits per heavy atom. The van der Waals surface area contributed by atoms with Gasteiger partial charge in [-0.3, -0.25) is 9.79 Å². The van der Waals surface area contributed by atoms with Gasteiger partial charge in [0.25, 0.3) is 5.91 Å². The van der Waals surface area contributed by atoms with Crippen LogP contribution < -0.4 is 25.8 Å². The van der Waals surface area contributed by atoms with Gasteiger partial charge in [0.05, 0.1) is 19.8 Å². The molecule has 0 aliphatic rings. The first-order chi connectivity index (χ1) is 19.3. The molecule has 4 N–H and O–H groups in total. The first-order valence-corrected chi connectivity index (χ1v) is 14.4. The molecule has 0 aliphatic carbocycles. The van der Waals surface area contributed by atoms with E-state index in [1.165, 1.54) is 19.0 Å². The van der Waals surface area contributed by atoms with Crippen molar-refractivity contribution in [1.82, 2.24) is 10.2 Å². The lowest BCUT2D eigenvalue weighted by Crippen LogP contribution is -2.30. The number of hydrogen-bond donors (Lipinski definition) is 3. The van der Waals surface area contributed by atoms with E-state index in [1.54, 1.807) is 20.4 Å². The van der Waals surface area contributed by atoms with Crippen molar-refractivity contribution in [3.05, 3.63) is 58.8 Å². The highest BCUT2D eigenvalue weighted by atomic mass is 16.5. The first kappa shape index (κ1) is 32.7. The van der Waals surface area contributed by atoms with Crippen molar-refractivity contribution in [2.24, 2.45) is 10.7 Å². The van der Waals surface area contributed by atoms with Crippen molar-refractivity contribution in [3.63, 3.8) is 0 Å². The molecule has 0 aliphatic heterocycles. The Hall–Kier alpha value is -3.52. The van der Waals surface area contributed by atoms with Crippen LogP contribution in [0.5, 0.6) is 11.5 Å². The summed E-state index contributed by atoms with van der Waals surface area (Å²) in [4.78, 5) is 20.0. The fraction of sp³-hybridized carbons (Fsp3) is 0.500. The predicted octanol–water partition coefficient (Wildman–Crippen LogP) is 5.82. The van der Waals surface area contributed by atoms with E-state index < -0.39 is 0 Å². The number of hydrogen-bond acceptors (Lipinski definition) is 7. The van der Waals surface area contributed by atoms with E-state index in [-0.39, 0.29) is 11.9 Å². The number of anilines is 1. The molecule has 0 bridgehead atoms. The Labute approximate surface area is 241 Å². The van der Waals surface area contributed by atoms with Crippen LogP contribution in [0.4, 0.5) is 5.69 Å². The van der Waals surface area contributed by atoms with Gasteiger partial charge in [0.15, 0.2) is 11.5 Å². The zero-order valence-corrected chi connectivity index (χ0v) is 25.5. The Morgan fingerprint density at radius 3 is 2.52 bits per heavy atom. The number of aryl methyl sites for hydroxylation is 1. The summed E-state index contributed by atoms with van der Waals surface area (Å²) in [6.07, 6.45) is 6.44. The molecule has 8 nitrogen and oxygen atoms in total. The second-order valence-corrected chi connectivity index (χ2v) is 9.90. The number of nitrogens with zero attached hydrogens (tertiary/aromatic N) is 2. The Bertz CT molecular complexity index is 1150. The molecule has 1 amide bonds. The van der Waals surface area contributed by atoms with Gasteiger partial charge in [0.2, 0.25) is 0 Å². The number of nitrogens with one attached hydrogen (secondary N) is 2. The van der Waals surface area contributed by atoms with Crippen molar-refractivity contribution < 1.29 is 14.3 Å². The lowest BCUT2D eigenvalue weighted by Gasteiger charge is -2.22. The molecule has 2 aromatic carbocycles. The summed E-state index contributed by atoms with van der Waals surface area (Å²) in [6.45, 7) is 14.8. The number of rotatable bonds is 17. The second kappa shape index (κ2) is 17.2. The number of methoxy groups -OCH3 is 1. The molecule has 2 aromatic rings. The van der Waals surface area contributed by atoms with Crippen molar-refractivity contribution >= 4 is 23.4 Å².